The van der Waals surface area contributed by atoms with Gasteiger partial charge in [0, 0.05) is 4.47 Å². The smallest absolute Gasteiger partial charge is 0.265 e. The van der Waals surface area contributed by atoms with Crippen LogP contribution < -0.4 is 5.56 Å². The lowest BCUT2D eigenvalue weighted by molar-refractivity contribution is 0.629. The number of hydrogen-bond acceptors (Lipinski definition) is 2. The fourth-order valence-electron chi connectivity index (χ4n) is 2.12. The molecule has 0 aliphatic heterocycles. The Labute approximate surface area is 122 Å². The van der Waals surface area contributed by atoms with Gasteiger partial charge >= 0.3 is 0 Å². The van der Waals surface area contributed by atoms with Gasteiger partial charge in [-0.15, -0.1) is 0 Å². The predicted octanol–water partition coefficient (Wildman–Crippen LogP) is 3.60. The Bertz CT molecular complexity index is 873. The Morgan fingerprint density at radius 2 is 2.05 bits per heavy atom. The molecule has 0 aliphatic carbocycles. The number of benzene rings is 2. The minimum Gasteiger partial charge on any atom is -0.268 e. The van der Waals surface area contributed by atoms with Gasteiger partial charge in [0.1, 0.15) is 12.1 Å². The third kappa shape index (κ3) is 2.04. The maximum atomic E-state index is 13.3. The first-order valence-electron chi connectivity index (χ1n) is 6.00. The average molecular weight is 333 g/mol. The quantitative estimate of drug-likeness (QED) is 0.682. The van der Waals surface area contributed by atoms with Crippen LogP contribution in [0.15, 0.2) is 52.0 Å². The van der Waals surface area contributed by atoms with E-state index in [0.29, 0.717) is 5.52 Å². The van der Waals surface area contributed by atoms with Gasteiger partial charge in [0.2, 0.25) is 0 Å². The van der Waals surface area contributed by atoms with E-state index in [2.05, 4.69) is 20.9 Å². The lowest BCUT2D eigenvalue weighted by atomic mass is 10.2. The SMILES string of the molecule is Cc1c(Br)cccc1-n1cnc2ccc(F)cc2c1=O. The van der Waals surface area contributed by atoms with Crippen molar-refractivity contribution in [3.63, 3.8) is 0 Å². The van der Waals surface area contributed by atoms with E-state index in [1.807, 2.05) is 25.1 Å². The van der Waals surface area contributed by atoms with Crippen LogP contribution in [0.4, 0.5) is 4.39 Å². The second kappa shape index (κ2) is 4.83. The molecule has 2 aromatic carbocycles. The Balaban J connectivity index is 2.35. The van der Waals surface area contributed by atoms with Crippen LogP contribution in [0.5, 0.6) is 0 Å². The van der Waals surface area contributed by atoms with E-state index in [4.69, 9.17) is 0 Å². The van der Waals surface area contributed by atoms with E-state index in [1.165, 1.54) is 29.1 Å². The second-order valence-electron chi connectivity index (χ2n) is 4.47. The standard InChI is InChI=1S/C15H10BrFN2O/c1-9-12(16)3-2-4-14(9)19-8-18-13-6-5-10(17)7-11(13)15(19)20/h2-8H,1H3. The summed E-state index contributed by atoms with van der Waals surface area (Å²) in [4.78, 5) is 16.7. The maximum absolute atomic E-state index is 13.3. The zero-order valence-corrected chi connectivity index (χ0v) is 12.2. The van der Waals surface area contributed by atoms with E-state index in [0.717, 1.165) is 15.7 Å². The molecule has 3 rings (SSSR count). The van der Waals surface area contributed by atoms with Gasteiger partial charge in [0.25, 0.3) is 5.56 Å². The van der Waals surface area contributed by atoms with E-state index in [9.17, 15) is 9.18 Å². The van der Waals surface area contributed by atoms with Gasteiger partial charge in [-0.3, -0.25) is 9.36 Å². The van der Waals surface area contributed by atoms with Crippen LogP contribution in [0, 0.1) is 12.7 Å². The zero-order chi connectivity index (χ0) is 14.3. The lowest BCUT2D eigenvalue weighted by Gasteiger charge is -2.10. The first-order valence-corrected chi connectivity index (χ1v) is 6.79. The van der Waals surface area contributed by atoms with E-state index in [1.54, 1.807) is 0 Å². The van der Waals surface area contributed by atoms with Crippen molar-refractivity contribution in [3.8, 4) is 5.69 Å². The van der Waals surface area contributed by atoms with Crippen molar-refractivity contribution >= 4 is 26.8 Å². The Morgan fingerprint density at radius 1 is 1.25 bits per heavy atom. The molecule has 0 spiro atoms. The van der Waals surface area contributed by atoms with Crippen LogP contribution in [0.2, 0.25) is 0 Å². The molecule has 20 heavy (non-hydrogen) atoms. The Hall–Kier alpha value is -2.01. The summed E-state index contributed by atoms with van der Waals surface area (Å²) in [5.74, 6) is -0.444. The minimum absolute atomic E-state index is 0.270. The molecule has 0 amide bonds. The number of aromatic nitrogens is 2. The van der Waals surface area contributed by atoms with Crippen LogP contribution in [0.25, 0.3) is 16.6 Å². The maximum Gasteiger partial charge on any atom is 0.265 e. The zero-order valence-electron chi connectivity index (χ0n) is 10.6. The average Bonchev–Trinajstić information content (AvgIpc) is 2.44. The summed E-state index contributed by atoms with van der Waals surface area (Å²) in [6.07, 6.45) is 1.47. The summed E-state index contributed by atoms with van der Waals surface area (Å²) >= 11 is 3.43. The molecule has 0 unspecified atom stereocenters. The van der Waals surface area contributed by atoms with Crippen molar-refractivity contribution < 1.29 is 4.39 Å². The van der Waals surface area contributed by atoms with E-state index >= 15 is 0 Å². The molecule has 5 heteroatoms. The minimum atomic E-state index is -0.444. The largest absolute Gasteiger partial charge is 0.268 e. The predicted molar refractivity (Wildman–Crippen MR) is 79.7 cm³/mol. The van der Waals surface area contributed by atoms with Gasteiger partial charge in [-0.1, -0.05) is 22.0 Å². The molecule has 0 fully saturated rings. The van der Waals surface area contributed by atoms with Gasteiger partial charge in [-0.2, -0.15) is 0 Å². The van der Waals surface area contributed by atoms with Gasteiger partial charge in [0.15, 0.2) is 0 Å². The van der Waals surface area contributed by atoms with Crippen molar-refractivity contribution in [1.82, 2.24) is 9.55 Å². The summed E-state index contributed by atoms with van der Waals surface area (Å²) in [5, 5.41) is 0.270. The molecule has 3 aromatic rings. The molecule has 0 atom stereocenters. The van der Waals surface area contributed by atoms with Crippen molar-refractivity contribution in [2.45, 2.75) is 6.92 Å². The number of nitrogens with zero attached hydrogens (tertiary/aromatic N) is 2. The third-order valence-corrected chi connectivity index (χ3v) is 4.08. The van der Waals surface area contributed by atoms with Crippen LogP contribution >= 0.6 is 15.9 Å². The van der Waals surface area contributed by atoms with Crippen LogP contribution in [-0.4, -0.2) is 9.55 Å². The molecule has 100 valence electrons. The van der Waals surface area contributed by atoms with Crippen molar-refractivity contribution in [3.05, 3.63) is 68.9 Å². The second-order valence-corrected chi connectivity index (χ2v) is 5.32. The highest BCUT2D eigenvalue weighted by Gasteiger charge is 2.09. The van der Waals surface area contributed by atoms with Gasteiger partial charge in [-0.05, 0) is 42.8 Å². The first kappa shape index (κ1) is 13.0. The molecule has 1 aromatic heterocycles. The Morgan fingerprint density at radius 3 is 2.85 bits per heavy atom. The lowest BCUT2D eigenvalue weighted by Crippen LogP contribution is -2.19. The molecule has 0 saturated heterocycles. The van der Waals surface area contributed by atoms with Crippen molar-refractivity contribution in [2.24, 2.45) is 0 Å². The number of rotatable bonds is 1. The summed E-state index contributed by atoms with van der Waals surface area (Å²) in [5.41, 5.74) is 1.85. The molecular weight excluding hydrogens is 323 g/mol. The van der Waals surface area contributed by atoms with Gasteiger partial charge in [0.05, 0.1) is 16.6 Å². The molecule has 0 saturated carbocycles. The number of fused-ring (bicyclic) bond motifs is 1. The third-order valence-electron chi connectivity index (χ3n) is 3.22. The van der Waals surface area contributed by atoms with Crippen molar-refractivity contribution in [1.29, 1.82) is 0 Å². The number of halogens is 2. The molecular formula is C15H10BrFN2O. The van der Waals surface area contributed by atoms with Crippen LogP contribution in [-0.2, 0) is 0 Å². The topological polar surface area (TPSA) is 34.9 Å². The summed E-state index contributed by atoms with van der Waals surface area (Å²) in [6.45, 7) is 1.90. The van der Waals surface area contributed by atoms with E-state index < -0.39 is 5.82 Å². The van der Waals surface area contributed by atoms with E-state index in [-0.39, 0.29) is 10.9 Å². The monoisotopic (exact) mass is 332 g/mol. The molecule has 1 heterocycles. The van der Waals surface area contributed by atoms with Crippen molar-refractivity contribution in [2.75, 3.05) is 0 Å². The summed E-state index contributed by atoms with van der Waals surface area (Å²) < 4.78 is 15.6. The number of hydrogen-bond donors (Lipinski definition) is 0. The highest BCUT2D eigenvalue weighted by Crippen LogP contribution is 2.22. The van der Waals surface area contributed by atoms with Crippen LogP contribution in [0.3, 0.4) is 0 Å². The Kier molecular flexibility index (Phi) is 3.14. The fraction of sp³-hybridized carbons (Fsp3) is 0.0667. The highest BCUT2D eigenvalue weighted by molar-refractivity contribution is 9.10. The first-order chi connectivity index (χ1) is 9.58. The summed E-state index contributed by atoms with van der Waals surface area (Å²) in [6, 6.07) is 9.59. The molecule has 0 bridgehead atoms. The highest BCUT2D eigenvalue weighted by atomic mass is 79.9. The molecule has 0 aliphatic rings. The van der Waals surface area contributed by atoms with Crippen LogP contribution in [0.1, 0.15) is 5.56 Å². The van der Waals surface area contributed by atoms with Gasteiger partial charge < -0.3 is 0 Å². The van der Waals surface area contributed by atoms with Gasteiger partial charge in [-0.25, -0.2) is 9.37 Å². The molecule has 0 N–H and O–H groups in total. The molecule has 3 nitrogen and oxygen atoms in total. The molecule has 0 radical (unpaired) electrons. The fourth-order valence-corrected chi connectivity index (χ4v) is 2.48. The summed E-state index contributed by atoms with van der Waals surface area (Å²) in [7, 11) is 0. The normalized spacial score (nSPS) is 10.9.